The number of alkyl halides is 1. The summed E-state index contributed by atoms with van der Waals surface area (Å²) in [5.41, 5.74) is 7.58. The van der Waals surface area contributed by atoms with E-state index in [-0.39, 0.29) is 18.4 Å². The van der Waals surface area contributed by atoms with Gasteiger partial charge in [-0.15, -0.1) is 0 Å². The highest BCUT2D eigenvalue weighted by Gasteiger charge is 2.35. The Kier molecular flexibility index (Phi) is 3.61. The summed E-state index contributed by atoms with van der Waals surface area (Å²) in [7, 11) is 0. The Morgan fingerprint density at radius 3 is 2.73 bits per heavy atom. The minimum absolute atomic E-state index is 0.126. The van der Waals surface area contributed by atoms with E-state index in [0.29, 0.717) is 31.0 Å². The Morgan fingerprint density at radius 1 is 1.50 bits per heavy atom. The molecule has 1 saturated heterocycles. The van der Waals surface area contributed by atoms with Crippen LogP contribution in [0.4, 0.5) is 10.1 Å². The molecule has 0 spiro atoms. The number of fused-ring (bicyclic) bond motifs is 1. The number of aliphatic hydroxyl groups is 1. The van der Waals surface area contributed by atoms with Gasteiger partial charge in [-0.25, -0.2) is 4.39 Å². The minimum atomic E-state index is -1.50. The van der Waals surface area contributed by atoms with Crippen LogP contribution in [0.3, 0.4) is 0 Å². The number of amides is 1. The molecular formula is C16H21FN2O3. The maximum Gasteiger partial charge on any atom is 0.254 e. The molecule has 3 N–H and O–H groups in total. The van der Waals surface area contributed by atoms with Gasteiger partial charge in [0.15, 0.2) is 0 Å². The van der Waals surface area contributed by atoms with E-state index in [0.717, 1.165) is 11.1 Å². The first-order valence-corrected chi connectivity index (χ1v) is 7.43. The lowest BCUT2D eigenvalue weighted by atomic mass is 9.92. The Morgan fingerprint density at radius 2 is 2.18 bits per heavy atom. The van der Waals surface area contributed by atoms with Crippen LogP contribution in [0.15, 0.2) is 12.1 Å². The average Bonchev–Trinajstić information content (AvgIpc) is 2.63. The van der Waals surface area contributed by atoms with Crippen molar-refractivity contribution in [3.8, 4) is 0 Å². The minimum Gasteiger partial charge on any atom is -0.398 e. The third-order valence-corrected chi connectivity index (χ3v) is 4.41. The van der Waals surface area contributed by atoms with Gasteiger partial charge in [0.05, 0.1) is 25.4 Å². The van der Waals surface area contributed by atoms with Gasteiger partial charge in [-0.1, -0.05) is 0 Å². The van der Waals surface area contributed by atoms with Gasteiger partial charge in [0.2, 0.25) is 0 Å². The molecule has 0 unspecified atom stereocenters. The van der Waals surface area contributed by atoms with Gasteiger partial charge in [0.25, 0.3) is 5.91 Å². The van der Waals surface area contributed by atoms with Gasteiger partial charge in [0, 0.05) is 23.7 Å². The topological polar surface area (TPSA) is 75.8 Å². The second-order valence-corrected chi connectivity index (χ2v) is 6.68. The second kappa shape index (κ2) is 5.21. The Balaban J connectivity index is 1.82. The van der Waals surface area contributed by atoms with Crippen molar-refractivity contribution in [3.05, 3.63) is 28.8 Å². The van der Waals surface area contributed by atoms with Gasteiger partial charge in [0.1, 0.15) is 6.17 Å². The quantitative estimate of drug-likeness (QED) is 0.826. The molecule has 2 heterocycles. The Bertz CT molecular complexity index is 608. The van der Waals surface area contributed by atoms with Crippen molar-refractivity contribution < 1.29 is 19.0 Å². The van der Waals surface area contributed by atoms with Crippen molar-refractivity contribution in [2.45, 2.75) is 38.1 Å². The molecule has 1 fully saturated rings. The molecule has 2 aliphatic heterocycles. The van der Waals surface area contributed by atoms with E-state index in [2.05, 4.69) is 0 Å². The summed E-state index contributed by atoms with van der Waals surface area (Å²) in [6.45, 7) is 4.24. The van der Waals surface area contributed by atoms with Crippen LogP contribution in [-0.2, 0) is 11.3 Å². The number of rotatable bonds is 4. The van der Waals surface area contributed by atoms with E-state index in [1.807, 2.05) is 6.07 Å². The van der Waals surface area contributed by atoms with Crippen LogP contribution in [0.25, 0.3) is 0 Å². The number of benzene rings is 1. The molecule has 0 bridgehead atoms. The molecule has 3 rings (SSSR count). The van der Waals surface area contributed by atoms with Crippen molar-refractivity contribution in [2.75, 3.05) is 25.5 Å². The summed E-state index contributed by atoms with van der Waals surface area (Å²) >= 11 is 0. The highest BCUT2D eigenvalue weighted by molar-refractivity contribution is 5.99. The van der Waals surface area contributed by atoms with E-state index < -0.39 is 11.8 Å². The number of anilines is 1. The van der Waals surface area contributed by atoms with Gasteiger partial charge in [-0.3, -0.25) is 4.79 Å². The van der Waals surface area contributed by atoms with E-state index in [1.54, 1.807) is 6.07 Å². The standard InChI is InChI=1S/C16H21FN2O3/c1-16(2,21)14(17)6-19-5-9-3-13(18)11(10-7-22-8-10)4-12(9)15(19)20/h3-4,10,14,21H,5-8,18H2,1-2H3/t14-/m1/s1. The van der Waals surface area contributed by atoms with Crippen LogP contribution < -0.4 is 5.73 Å². The maximum absolute atomic E-state index is 14.0. The highest BCUT2D eigenvalue weighted by atomic mass is 19.1. The number of halogens is 1. The van der Waals surface area contributed by atoms with E-state index >= 15 is 0 Å². The van der Waals surface area contributed by atoms with Gasteiger partial charge < -0.3 is 20.5 Å². The van der Waals surface area contributed by atoms with Crippen LogP contribution in [0.1, 0.15) is 41.3 Å². The summed E-state index contributed by atoms with van der Waals surface area (Å²) in [6.07, 6.45) is -1.50. The molecule has 0 radical (unpaired) electrons. The molecule has 1 atom stereocenters. The number of carbonyl (C=O) groups excluding carboxylic acids is 1. The lowest BCUT2D eigenvalue weighted by Crippen LogP contribution is -2.42. The fourth-order valence-corrected chi connectivity index (χ4v) is 2.79. The fraction of sp³-hybridized carbons (Fsp3) is 0.562. The molecular weight excluding hydrogens is 287 g/mol. The third-order valence-electron chi connectivity index (χ3n) is 4.41. The van der Waals surface area contributed by atoms with Gasteiger partial charge in [-0.05, 0) is 37.1 Å². The molecule has 1 aromatic rings. The van der Waals surface area contributed by atoms with Crippen molar-refractivity contribution in [2.24, 2.45) is 0 Å². The number of ether oxygens (including phenoxy) is 1. The van der Waals surface area contributed by atoms with Crippen LogP contribution in [0.5, 0.6) is 0 Å². The molecule has 2 aliphatic rings. The average molecular weight is 308 g/mol. The van der Waals surface area contributed by atoms with Crippen molar-refractivity contribution in [1.29, 1.82) is 0 Å². The second-order valence-electron chi connectivity index (χ2n) is 6.68. The van der Waals surface area contributed by atoms with Crippen LogP contribution in [0, 0.1) is 0 Å². The monoisotopic (exact) mass is 308 g/mol. The maximum atomic E-state index is 14.0. The predicted octanol–water partition coefficient (Wildman–Crippen LogP) is 1.45. The zero-order valence-electron chi connectivity index (χ0n) is 12.8. The third kappa shape index (κ3) is 2.57. The molecule has 0 saturated carbocycles. The van der Waals surface area contributed by atoms with Crippen molar-refractivity contribution in [1.82, 2.24) is 4.90 Å². The summed E-state index contributed by atoms with van der Waals surface area (Å²) in [4.78, 5) is 13.9. The number of hydrogen-bond donors (Lipinski definition) is 2. The first kappa shape index (κ1) is 15.2. The molecule has 1 aromatic carbocycles. The molecule has 5 nitrogen and oxygen atoms in total. The number of carbonyl (C=O) groups is 1. The molecule has 22 heavy (non-hydrogen) atoms. The van der Waals surface area contributed by atoms with Gasteiger partial charge in [-0.2, -0.15) is 0 Å². The lowest BCUT2D eigenvalue weighted by molar-refractivity contribution is -0.0159. The first-order valence-electron chi connectivity index (χ1n) is 7.43. The fourth-order valence-electron chi connectivity index (χ4n) is 2.79. The Hall–Kier alpha value is -1.66. The molecule has 1 amide bonds. The normalized spacial score (nSPS) is 20.0. The Labute approximate surface area is 128 Å². The summed E-state index contributed by atoms with van der Waals surface area (Å²) in [5.74, 6) is 0.0286. The SMILES string of the molecule is CC(C)(O)[C@H](F)CN1Cc2cc(N)c(C3COC3)cc2C1=O. The molecule has 120 valence electrons. The zero-order chi connectivity index (χ0) is 16.1. The number of hydrogen-bond acceptors (Lipinski definition) is 4. The van der Waals surface area contributed by atoms with Crippen molar-refractivity contribution >= 4 is 11.6 Å². The summed E-state index contributed by atoms with van der Waals surface area (Å²) in [5, 5.41) is 9.70. The highest BCUT2D eigenvalue weighted by Crippen LogP contribution is 2.34. The number of nitrogen functional groups attached to an aromatic ring is 1. The number of nitrogens with two attached hydrogens (primary N) is 1. The molecule has 0 aliphatic carbocycles. The van der Waals surface area contributed by atoms with E-state index in [9.17, 15) is 14.3 Å². The number of nitrogens with zero attached hydrogens (tertiary/aromatic N) is 1. The summed E-state index contributed by atoms with van der Waals surface area (Å²) < 4.78 is 19.2. The molecule has 6 heteroatoms. The van der Waals surface area contributed by atoms with E-state index in [1.165, 1.54) is 18.7 Å². The van der Waals surface area contributed by atoms with E-state index in [4.69, 9.17) is 10.5 Å². The van der Waals surface area contributed by atoms with Crippen molar-refractivity contribution in [3.63, 3.8) is 0 Å². The molecule has 0 aromatic heterocycles. The van der Waals surface area contributed by atoms with Gasteiger partial charge >= 0.3 is 0 Å². The lowest BCUT2D eigenvalue weighted by Gasteiger charge is -2.27. The first-order chi connectivity index (χ1) is 10.3. The predicted molar refractivity (Wildman–Crippen MR) is 80.3 cm³/mol. The summed E-state index contributed by atoms with van der Waals surface area (Å²) in [6, 6.07) is 3.62. The zero-order valence-corrected chi connectivity index (χ0v) is 12.8. The smallest absolute Gasteiger partial charge is 0.254 e. The van der Waals surface area contributed by atoms with Crippen LogP contribution in [0.2, 0.25) is 0 Å². The largest absolute Gasteiger partial charge is 0.398 e. The van der Waals surface area contributed by atoms with Crippen LogP contribution in [-0.4, -0.2) is 47.4 Å². The van der Waals surface area contributed by atoms with Crippen LogP contribution >= 0.6 is 0 Å².